The molecule has 3 N–H and O–H groups in total. The van der Waals surface area contributed by atoms with Crippen LogP contribution in [0.15, 0.2) is 30.3 Å². The summed E-state index contributed by atoms with van der Waals surface area (Å²) in [6.45, 7) is 0.797. The summed E-state index contributed by atoms with van der Waals surface area (Å²) in [5, 5.41) is 15.7. The van der Waals surface area contributed by atoms with Crippen molar-refractivity contribution in [3.05, 3.63) is 57.2 Å². The highest BCUT2D eigenvalue weighted by Crippen LogP contribution is 2.41. The number of aromatic hydroxyl groups is 1. The molecule has 2 heterocycles. The molecule has 0 bridgehead atoms. The van der Waals surface area contributed by atoms with Gasteiger partial charge in [-0.1, -0.05) is 23.2 Å². The van der Waals surface area contributed by atoms with Crippen LogP contribution in [0.25, 0.3) is 10.9 Å². The van der Waals surface area contributed by atoms with E-state index in [9.17, 15) is 5.11 Å². The molecular weight excluding hydrogens is 347 g/mol. The summed E-state index contributed by atoms with van der Waals surface area (Å²) < 4.78 is 5.34. The molecule has 124 valence electrons. The number of ether oxygens (including phenoxy) is 1. The molecule has 0 saturated heterocycles. The summed E-state index contributed by atoms with van der Waals surface area (Å²) in [6, 6.07) is 9.08. The van der Waals surface area contributed by atoms with Crippen LogP contribution in [-0.2, 0) is 6.42 Å². The lowest BCUT2D eigenvalue weighted by Gasteiger charge is -2.26. The molecule has 6 heteroatoms. The maximum Gasteiger partial charge on any atom is 0.139 e. The van der Waals surface area contributed by atoms with Crippen molar-refractivity contribution in [2.45, 2.75) is 12.5 Å². The summed E-state index contributed by atoms with van der Waals surface area (Å²) in [6.07, 6.45) is 0.897. The Bertz CT molecular complexity index is 936. The number of H-pyrrole nitrogens is 1. The molecule has 1 aliphatic rings. The molecule has 1 aliphatic heterocycles. The van der Waals surface area contributed by atoms with Crippen molar-refractivity contribution in [2.24, 2.45) is 0 Å². The molecule has 0 radical (unpaired) electrons. The summed E-state index contributed by atoms with van der Waals surface area (Å²) in [4.78, 5) is 3.47. The first-order valence-corrected chi connectivity index (χ1v) is 8.44. The van der Waals surface area contributed by atoms with Gasteiger partial charge in [0.05, 0.1) is 18.2 Å². The highest BCUT2D eigenvalue weighted by Gasteiger charge is 2.28. The molecule has 0 unspecified atom stereocenters. The average molecular weight is 363 g/mol. The second kappa shape index (κ2) is 5.88. The third kappa shape index (κ3) is 2.42. The fraction of sp³-hybridized carbons (Fsp3) is 0.222. The molecule has 1 aromatic heterocycles. The number of rotatable bonds is 2. The average Bonchev–Trinajstić information content (AvgIpc) is 2.96. The van der Waals surface area contributed by atoms with Gasteiger partial charge in [0.2, 0.25) is 0 Å². The van der Waals surface area contributed by atoms with Crippen LogP contribution in [0.1, 0.15) is 22.9 Å². The van der Waals surface area contributed by atoms with Gasteiger partial charge in [-0.15, -0.1) is 0 Å². The van der Waals surface area contributed by atoms with E-state index < -0.39 is 0 Å². The molecule has 0 fully saturated rings. The van der Waals surface area contributed by atoms with Crippen LogP contribution in [0.2, 0.25) is 10.0 Å². The van der Waals surface area contributed by atoms with Gasteiger partial charge < -0.3 is 20.1 Å². The second-order valence-electron chi connectivity index (χ2n) is 5.89. The first-order valence-electron chi connectivity index (χ1n) is 7.68. The van der Waals surface area contributed by atoms with E-state index in [1.165, 1.54) is 5.56 Å². The van der Waals surface area contributed by atoms with Crippen LogP contribution in [0.5, 0.6) is 11.5 Å². The van der Waals surface area contributed by atoms with Crippen molar-refractivity contribution in [3.63, 3.8) is 0 Å². The lowest BCUT2D eigenvalue weighted by atomic mass is 9.94. The van der Waals surface area contributed by atoms with Gasteiger partial charge in [-0.25, -0.2) is 0 Å². The highest BCUT2D eigenvalue weighted by atomic mass is 35.5. The zero-order chi connectivity index (χ0) is 16.8. The van der Waals surface area contributed by atoms with Crippen molar-refractivity contribution < 1.29 is 9.84 Å². The smallest absolute Gasteiger partial charge is 0.139 e. The Labute approximate surface area is 149 Å². The van der Waals surface area contributed by atoms with E-state index in [4.69, 9.17) is 27.9 Å². The van der Waals surface area contributed by atoms with Gasteiger partial charge in [0.25, 0.3) is 0 Å². The van der Waals surface area contributed by atoms with Crippen LogP contribution in [0.4, 0.5) is 0 Å². The number of aromatic nitrogens is 1. The standard InChI is InChI=1S/C18H16Cl2N2O2/c1-24-10-2-3-15-12(8-10)11-4-5-21-16(17(11)22-15)13-6-9(19)7-14(20)18(13)23/h2-3,6-8,16,21-23H,4-5H2,1H3/t16-/m1/s1. The first kappa shape index (κ1) is 15.6. The van der Waals surface area contributed by atoms with Crippen LogP contribution in [0, 0.1) is 0 Å². The number of hydrogen-bond donors (Lipinski definition) is 3. The molecule has 4 rings (SSSR count). The Hall–Kier alpha value is -1.88. The fourth-order valence-electron chi connectivity index (χ4n) is 3.41. The lowest BCUT2D eigenvalue weighted by molar-refractivity contribution is 0.415. The molecule has 4 nitrogen and oxygen atoms in total. The first-order chi connectivity index (χ1) is 11.6. The number of halogens is 2. The van der Waals surface area contributed by atoms with Crippen molar-refractivity contribution in [1.29, 1.82) is 0 Å². The van der Waals surface area contributed by atoms with Gasteiger partial charge in [0.1, 0.15) is 11.5 Å². The number of aromatic amines is 1. The van der Waals surface area contributed by atoms with Crippen molar-refractivity contribution in [3.8, 4) is 11.5 Å². The van der Waals surface area contributed by atoms with Crippen molar-refractivity contribution >= 4 is 34.1 Å². The minimum atomic E-state index is -0.191. The van der Waals surface area contributed by atoms with Crippen molar-refractivity contribution in [1.82, 2.24) is 10.3 Å². The highest BCUT2D eigenvalue weighted by molar-refractivity contribution is 6.35. The van der Waals surface area contributed by atoms with Crippen molar-refractivity contribution in [2.75, 3.05) is 13.7 Å². The Morgan fingerprint density at radius 1 is 1.21 bits per heavy atom. The number of nitrogens with one attached hydrogen (secondary N) is 2. The van der Waals surface area contributed by atoms with Gasteiger partial charge in [0, 0.05) is 33.7 Å². The van der Waals surface area contributed by atoms with Gasteiger partial charge in [0.15, 0.2) is 0 Å². The van der Waals surface area contributed by atoms with Gasteiger partial charge in [-0.05, 0) is 42.3 Å². The van der Waals surface area contributed by atoms with E-state index in [0.717, 1.165) is 35.3 Å². The number of phenols is 1. The molecule has 24 heavy (non-hydrogen) atoms. The maximum atomic E-state index is 10.4. The number of phenolic OH excluding ortho intramolecular Hbond substituents is 1. The lowest BCUT2D eigenvalue weighted by Crippen LogP contribution is -2.30. The zero-order valence-electron chi connectivity index (χ0n) is 13.0. The minimum Gasteiger partial charge on any atom is -0.506 e. The molecule has 1 atom stereocenters. The zero-order valence-corrected chi connectivity index (χ0v) is 14.5. The van der Waals surface area contributed by atoms with E-state index in [2.05, 4.69) is 10.3 Å². The van der Waals surface area contributed by atoms with Crippen LogP contribution < -0.4 is 10.1 Å². The van der Waals surface area contributed by atoms with E-state index in [-0.39, 0.29) is 16.8 Å². The Kier molecular flexibility index (Phi) is 3.83. The maximum absolute atomic E-state index is 10.4. The van der Waals surface area contributed by atoms with E-state index >= 15 is 0 Å². The largest absolute Gasteiger partial charge is 0.506 e. The quantitative estimate of drug-likeness (QED) is 0.632. The molecule has 0 spiro atoms. The normalized spacial score (nSPS) is 17.0. The second-order valence-corrected chi connectivity index (χ2v) is 6.73. The molecule has 0 amide bonds. The van der Waals surface area contributed by atoms with Gasteiger partial charge in [-0.2, -0.15) is 0 Å². The van der Waals surface area contributed by atoms with Crippen LogP contribution in [-0.4, -0.2) is 23.7 Å². The van der Waals surface area contributed by atoms with E-state index in [1.54, 1.807) is 19.2 Å². The third-order valence-corrected chi connectivity index (χ3v) is 5.03. The van der Waals surface area contributed by atoms with E-state index in [1.807, 2.05) is 18.2 Å². The van der Waals surface area contributed by atoms with Crippen LogP contribution in [0.3, 0.4) is 0 Å². The molecule has 2 aromatic carbocycles. The predicted octanol–water partition coefficient (Wildman–Crippen LogP) is 4.42. The topological polar surface area (TPSA) is 57.3 Å². The summed E-state index contributed by atoms with van der Waals surface area (Å²) in [7, 11) is 1.66. The van der Waals surface area contributed by atoms with Gasteiger partial charge in [-0.3, -0.25) is 0 Å². The van der Waals surface area contributed by atoms with Crippen LogP contribution >= 0.6 is 23.2 Å². The summed E-state index contributed by atoms with van der Waals surface area (Å²) in [5.41, 5.74) is 3.97. The number of benzene rings is 2. The Morgan fingerprint density at radius 3 is 2.83 bits per heavy atom. The monoisotopic (exact) mass is 362 g/mol. The summed E-state index contributed by atoms with van der Waals surface area (Å²) in [5.74, 6) is 0.885. The predicted molar refractivity (Wildman–Crippen MR) is 96.5 cm³/mol. The van der Waals surface area contributed by atoms with Gasteiger partial charge >= 0.3 is 0 Å². The SMILES string of the molecule is COc1ccc2[nH]c3c(c2c1)CCN[C@@H]3c1cc(Cl)cc(Cl)c1O. The molecular formula is C18H16Cl2N2O2. The number of fused-ring (bicyclic) bond motifs is 3. The molecule has 0 saturated carbocycles. The third-order valence-electron chi connectivity index (χ3n) is 4.53. The van der Waals surface area contributed by atoms with E-state index in [0.29, 0.717) is 10.6 Å². The molecule has 0 aliphatic carbocycles. The fourth-order valence-corrected chi connectivity index (χ4v) is 3.91. The Morgan fingerprint density at radius 2 is 2.04 bits per heavy atom. The number of methoxy groups -OCH3 is 1. The Balaban J connectivity index is 1.91. The number of hydrogen-bond acceptors (Lipinski definition) is 3. The molecule has 3 aromatic rings. The minimum absolute atomic E-state index is 0.0580. The summed E-state index contributed by atoms with van der Waals surface area (Å²) >= 11 is 12.2.